The largest absolute Gasteiger partial charge is 0.203 e. The summed E-state index contributed by atoms with van der Waals surface area (Å²) < 4.78 is 381. The number of halogens is 25. The minimum Gasteiger partial charge on any atom is -0.203 e. The Bertz CT molecular complexity index is 2670. The molecule has 0 saturated carbocycles. The number of rotatable bonds is 5. The van der Waals surface area contributed by atoms with E-state index in [0.717, 1.165) is 0 Å². The first kappa shape index (κ1) is 44.4. The van der Waals surface area contributed by atoms with Crippen LogP contribution in [0.4, 0.5) is 110 Å². The molecule has 0 aliphatic heterocycles. The lowest BCUT2D eigenvalue weighted by molar-refractivity contribution is 0.339. The average molecular weight is 910 g/mol. The molecule has 1 aliphatic rings. The van der Waals surface area contributed by atoms with Crippen LogP contribution in [0.5, 0.6) is 0 Å². The first-order valence-corrected chi connectivity index (χ1v) is 15.3. The van der Waals surface area contributed by atoms with E-state index in [2.05, 4.69) is 0 Å². The van der Waals surface area contributed by atoms with E-state index in [-0.39, 0.29) is 0 Å². The van der Waals surface area contributed by atoms with Gasteiger partial charge in [0.05, 0.1) is 22.1 Å². The fraction of sp³-hybridized carbons (Fsp3) is 0.0556. The molecule has 5 aromatic rings. The summed E-state index contributed by atoms with van der Waals surface area (Å²) in [4.78, 5) is 0. The van der Waals surface area contributed by atoms with Gasteiger partial charge in [0.15, 0.2) is 116 Å². The first-order chi connectivity index (χ1) is 28.2. The zero-order valence-electron chi connectivity index (χ0n) is 27.7. The molecule has 0 heterocycles. The molecule has 25 heteroatoms. The quantitative estimate of drug-likeness (QED) is 0.0936. The van der Waals surface area contributed by atoms with Gasteiger partial charge in [-0.1, -0.05) is 6.08 Å². The maximum absolute atomic E-state index is 16.1. The summed E-state index contributed by atoms with van der Waals surface area (Å²) in [5, 5.41) is 0. The molecule has 0 bridgehead atoms. The van der Waals surface area contributed by atoms with E-state index in [9.17, 15) is 39.5 Å². The summed E-state index contributed by atoms with van der Waals surface area (Å²) in [6.45, 7) is 0. The van der Waals surface area contributed by atoms with Crippen molar-refractivity contribution in [1.29, 1.82) is 0 Å². The van der Waals surface area contributed by atoms with Gasteiger partial charge in [-0.2, -0.15) is 0 Å². The lowest BCUT2D eigenvalue weighted by atomic mass is 9.58. The summed E-state index contributed by atoms with van der Waals surface area (Å²) >= 11 is 0. The number of hydrogen-bond donors (Lipinski definition) is 0. The van der Waals surface area contributed by atoms with Crippen LogP contribution in [-0.4, -0.2) is 0 Å². The zero-order chi connectivity index (χ0) is 46.0. The highest BCUT2D eigenvalue weighted by atomic mass is 19.2. The Hall–Kier alpha value is -6.17. The van der Waals surface area contributed by atoms with Crippen LogP contribution in [0.3, 0.4) is 0 Å². The fourth-order valence-corrected chi connectivity index (χ4v) is 6.66. The van der Waals surface area contributed by atoms with Crippen molar-refractivity contribution in [2.45, 2.75) is 11.8 Å². The second-order valence-corrected chi connectivity index (χ2v) is 12.2. The van der Waals surface area contributed by atoms with E-state index >= 15 is 70.2 Å². The molecule has 61 heavy (non-hydrogen) atoms. The maximum atomic E-state index is 16.1. The van der Waals surface area contributed by atoms with E-state index < -0.39 is 208 Å². The van der Waals surface area contributed by atoms with Crippen LogP contribution in [0.15, 0.2) is 6.08 Å². The summed E-state index contributed by atoms with van der Waals surface area (Å²) in [6, 6.07) is 0. The van der Waals surface area contributed by atoms with E-state index in [0.29, 0.717) is 0 Å². The van der Waals surface area contributed by atoms with E-state index in [1.165, 1.54) is 0 Å². The number of benzene rings is 5. The Morgan fingerprint density at radius 2 is 0.459 bits per heavy atom. The number of allylic oxidation sites excluding steroid dienone is 4. The predicted octanol–water partition coefficient (Wildman–Crippen LogP) is 12.5. The molecule has 0 unspecified atom stereocenters. The van der Waals surface area contributed by atoms with Crippen LogP contribution in [-0.2, 0) is 5.41 Å². The lowest BCUT2D eigenvalue weighted by Gasteiger charge is -2.43. The Kier molecular flexibility index (Phi) is 10.8. The molecular formula is C36H3F25. The van der Waals surface area contributed by atoms with Gasteiger partial charge < -0.3 is 0 Å². The third kappa shape index (κ3) is 5.81. The van der Waals surface area contributed by atoms with E-state index in [1.54, 1.807) is 0 Å². The molecule has 5 aromatic carbocycles. The Labute approximate surface area is 318 Å². The summed E-state index contributed by atoms with van der Waals surface area (Å²) in [7, 11) is 0. The third-order valence-electron chi connectivity index (χ3n) is 9.23. The SMILES string of the molecule is Fc1c(F)c(F)c(C2=CCC(c3c(F)c(F)c(F)c(F)c3F)(c3c(F)c(F)c(F)c(F)c3F)C(c3c(F)c(F)c(F)c(F)c3F)=C2c2c(F)c(F)c(F)c(F)c2F)c(F)c1F. The molecule has 322 valence electrons. The van der Waals surface area contributed by atoms with Crippen molar-refractivity contribution >= 4 is 16.7 Å². The van der Waals surface area contributed by atoms with Gasteiger partial charge in [-0.15, -0.1) is 0 Å². The van der Waals surface area contributed by atoms with Crippen molar-refractivity contribution in [3.05, 3.63) is 179 Å². The molecule has 0 nitrogen and oxygen atoms in total. The van der Waals surface area contributed by atoms with E-state index in [4.69, 9.17) is 0 Å². The van der Waals surface area contributed by atoms with Crippen molar-refractivity contribution in [2.75, 3.05) is 0 Å². The van der Waals surface area contributed by atoms with E-state index in [1.807, 2.05) is 0 Å². The lowest BCUT2D eigenvalue weighted by Crippen LogP contribution is -2.39. The molecule has 0 radical (unpaired) electrons. The van der Waals surface area contributed by atoms with Crippen LogP contribution in [0.25, 0.3) is 16.7 Å². The zero-order valence-corrected chi connectivity index (χ0v) is 27.7. The monoisotopic (exact) mass is 910 g/mol. The van der Waals surface area contributed by atoms with Gasteiger partial charge in [-0.05, 0) is 17.6 Å². The standard InChI is InChI=1S/C36H3F25/c37-11-5(12(38)22(48)31(57)21(11)47)3-1-2-36(9-17(43)27(53)34(60)28(54)18(9)44,10-19(45)29(55)35(61)30(56)20(10)46)8(7-15(41)25(51)33(59)26(52)16(7)42)4(3)6-13(39)23(49)32(58)24(50)14(6)40/h1H,2H2. The van der Waals surface area contributed by atoms with Gasteiger partial charge in [0.25, 0.3) is 0 Å². The van der Waals surface area contributed by atoms with Gasteiger partial charge in [-0.3, -0.25) is 0 Å². The van der Waals surface area contributed by atoms with Crippen molar-refractivity contribution in [3.63, 3.8) is 0 Å². The second-order valence-electron chi connectivity index (χ2n) is 12.2. The topological polar surface area (TPSA) is 0 Å². The molecule has 0 saturated heterocycles. The van der Waals surface area contributed by atoms with Crippen LogP contribution in [0, 0.1) is 145 Å². The third-order valence-corrected chi connectivity index (χ3v) is 9.23. The van der Waals surface area contributed by atoms with Gasteiger partial charge >= 0.3 is 0 Å². The molecule has 0 spiro atoms. The van der Waals surface area contributed by atoms with Crippen molar-refractivity contribution in [1.82, 2.24) is 0 Å². The highest BCUT2D eigenvalue weighted by molar-refractivity contribution is 6.19. The van der Waals surface area contributed by atoms with Crippen LogP contribution in [0.2, 0.25) is 0 Å². The van der Waals surface area contributed by atoms with Crippen molar-refractivity contribution in [3.8, 4) is 0 Å². The molecule has 6 rings (SSSR count). The normalized spacial score (nSPS) is 14.1. The van der Waals surface area contributed by atoms with Crippen LogP contribution < -0.4 is 0 Å². The minimum absolute atomic E-state index is 0.725. The summed E-state index contributed by atoms with van der Waals surface area (Å²) in [5.74, 6) is -86.8. The Balaban J connectivity index is 2.17. The smallest absolute Gasteiger partial charge is 0.200 e. The Morgan fingerprint density at radius 1 is 0.246 bits per heavy atom. The molecule has 0 amide bonds. The van der Waals surface area contributed by atoms with Crippen LogP contribution in [0.1, 0.15) is 34.2 Å². The van der Waals surface area contributed by atoms with Gasteiger partial charge in [0.1, 0.15) is 0 Å². The molecule has 0 aromatic heterocycles. The van der Waals surface area contributed by atoms with Gasteiger partial charge in [-0.25, -0.2) is 110 Å². The van der Waals surface area contributed by atoms with Gasteiger partial charge in [0, 0.05) is 16.7 Å². The molecule has 0 N–H and O–H groups in total. The summed E-state index contributed by atoms with van der Waals surface area (Å²) in [5.41, 5.74) is -30.8. The second kappa shape index (κ2) is 14.8. The fourth-order valence-electron chi connectivity index (χ4n) is 6.66. The minimum atomic E-state index is -5.42. The van der Waals surface area contributed by atoms with Crippen molar-refractivity contribution in [2.24, 2.45) is 0 Å². The predicted molar refractivity (Wildman–Crippen MR) is 151 cm³/mol. The van der Waals surface area contributed by atoms with Gasteiger partial charge in [0.2, 0.25) is 29.1 Å². The summed E-state index contributed by atoms with van der Waals surface area (Å²) in [6.07, 6.45) is -3.58. The molecule has 1 aliphatic carbocycles. The molecular weight excluding hydrogens is 907 g/mol. The molecule has 0 fully saturated rings. The number of hydrogen-bond acceptors (Lipinski definition) is 0. The maximum Gasteiger partial charge on any atom is 0.200 e. The van der Waals surface area contributed by atoms with Crippen molar-refractivity contribution < 1.29 is 110 Å². The highest BCUT2D eigenvalue weighted by Gasteiger charge is 2.56. The molecule has 0 atom stereocenters. The Morgan fingerprint density at radius 3 is 0.738 bits per heavy atom. The van der Waals surface area contributed by atoms with Crippen LogP contribution >= 0.6 is 0 Å². The highest BCUT2D eigenvalue weighted by Crippen LogP contribution is 2.61. The average Bonchev–Trinajstić information content (AvgIpc) is 3.23. The first-order valence-electron chi connectivity index (χ1n) is 15.3.